The van der Waals surface area contributed by atoms with Crippen molar-refractivity contribution in [2.24, 2.45) is 0 Å². The first-order valence-electron chi connectivity index (χ1n) is 7.15. The second kappa shape index (κ2) is 8.12. The maximum absolute atomic E-state index is 11.8. The minimum Gasteiger partial charge on any atom is -0.339 e. The summed E-state index contributed by atoms with van der Waals surface area (Å²) in [5, 5.41) is 7.76. The van der Waals surface area contributed by atoms with Crippen molar-refractivity contribution >= 4 is 40.7 Å². The van der Waals surface area contributed by atoms with Gasteiger partial charge in [-0.15, -0.1) is 0 Å². The van der Waals surface area contributed by atoms with E-state index in [9.17, 15) is 14.4 Å². The fourth-order valence-corrected chi connectivity index (χ4v) is 2.11. The molecule has 2 aromatic rings. The van der Waals surface area contributed by atoms with Gasteiger partial charge in [0.1, 0.15) is 0 Å². The van der Waals surface area contributed by atoms with E-state index in [4.69, 9.17) is 11.6 Å². The number of halogens is 1. The lowest BCUT2D eigenvalue weighted by atomic mass is 10.2. The molecule has 0 saturated heterocycles. The van der Waals surface area contributed by atoms with Gasteiger partial charge in [0.25, 0.3) is 0 Å². The summed E-state index contributed by atoms with van der Waals surface area (Å²) >= 11 is 5.81. The smallest absolute Gasteiger partial charge is 0.313 e. The summed E-state index contributed by atoms with van der Waals surface area (Å²) in [6.45, 7) is 1.54. The number of anilines is 2. The number of nitrogens with one attached hydrogen (secondary N) is 3. The Balaban J connectivity index is 1.81. The van der Waals surface area contributed by atoms with Gasteiger partial charge in [-0.25, -0.2) is 0 Å². The van der Waals surface area contributed by atoms with Crippen molar-refractivity contribution in [3.8, 4) is 0 Å². The standard InChI is InChI=1S/C17H16ClN3O3/c1-11-4-2-6-13(8-11)21-17(24)16(23)19-10-15(22)20-14-7-3-5-12(18)9-14/h2-9H,10H2,1H3,(H,19,23)(H,20,22)(H,21,24). The Morgan fingerprint density at radius 2 is 1.58 bits per heavy atom. The van der Waals surface area contributed by atoms with E-state index in [-0.39, 0.29) is 6.54 Å². The minimum atomic E-state index is -0.891. The van der Waals surface area contributed by atoms with Crippen molar-refractivity contribution in [1.82, 2.24) is 5.32 Å². The largest absolute Gasteiger partial charge is 0.339 e. The average molecular weight is 346 g/mol. The highest BCUT2D eigenvalue weighted by Gasteiger charge is 2.15. The van der Waals surface area contributed by atoms with Crippen LogP contribution in [0.2, 0.25) is 5.02 Å². The van der Waals surface area contributed by atoms with Gasteiger partial charge in [-0.2, -0.15) is 0 Å². The van der Waals surface area contributed by atoms with Gasteiger partial charge in [-0.3, -0.25) is 14.4 Å². The highest BCUT2D eigenvalue weighted by Crippen LogP contribution is 2.14. The van der Waals surface area contributed by atoms with E-state index < -0.39 is 17.7 Å². The van der Waals surface area contributed by atoms with Crippen molar-refractivity contribution in [2.45, 2.75) is 6.92 Å². The zero-order valence-electron chi connectivity index (χ0n) is 12.9. The molecule has 2 rings (SSSR count). The fourth-order valence-electron chi connectivity index (χ4n) is 1.92. The number of benzene rings is 2. The molecule has 3 N–H and O–H groups in total. The Kier molecular flexibility index (Phi) is 5.92. The Hall–Kier alpha value is -2.86. The molecule has 0 heterocycles. The summed E-state index contributed by atoms with van der Waals surface area (Å²) in [4.78, 5) is 35.2. The predicted molar refractivity (Wildman–Crippen MR) is 92.9 cm³/mol. The van der Waals surface area contributed by atoms with Gasteiger partial charge >= 0.3 is 11.8 Å². The van der Waals surface area contributed by atoms with E-state index >= 15 is 0 Å². The second-order valence-corrected chi connectivity index (χ2v) is 5.50. The lowest BCUT2D eigenvalue weighted by Gasteiger charge is -2.08. The number of rotatable bonds is 4. The molecule has 0 aliphatic heterocycles. The topological polar surface area (TPSA) is 87.3 Å². The molecule has 0 bridgehead atoms. The van der Waals surface area contributed by atoms with Crippen molar-refractivity contribution in [3.63, 3.8) is 0 Å². The Morgan fingerprint density at radius 1 is 0.917 bits per heavy atom. The molecule has 124 valence electrons. The van der Waals surface area contributed by atoms with Crippen LogP contribution in [0, 0.1) is 6.92 Å². The van der Waals surface area contributed by atoms with Crippen LogP contribution in [0.15, 0.2) is 48.5 Å². The van der Waals surface area contributed by atoms with Crippen LogP contribution in [-0.2, 0) is 14.4 Å². The van der Waals surface area contributed by atoms with Crippen LogP contribution >= 0.6 is 11.6 Å². The van der Waals surface area contributed by atoms with E-state index in [1.807, 2.05) is 13.0 Å². The van der Waals surface area contributed by atoms with Gasteiger partial charge in [0, 0.05) is 16.4 Å². The quantitative estimate of drug-likeness (QED) is 0.743. The van der Waals surface area contributed by atoms with Gasteiger partial charge in [-0.1, -0.05) is 29.8 Å². The van der Waals surface area contributed by atoms with E-state index in [2.05, 4.69) is 16.0 Å². The Labute approximate surface area is 144 Å². The highest BCUT2D eigenvalue weighted by molar-refractivity contribution is 6.40. The Bertz CT molecular complexity index is 777. The van der Waals surface area contributed by atoms with Crippen LogP contribution < -0.4 is 16.0 Å². The summed E-state index contributed by atoms with van der Waals surface area (Å²) < 4.78 is 0. The number of aryl methyl sites for hydroxylation is 1. The van der Waals surface area contributed by atoms with Gasteiger partial charge in [0.05, 0.1) is 6.54 Å². The van der Waals surface area contributed by atoms with Gasteiger partial charge in [0.15, 0.2) is 0 Å². The van der Waals surface area contributed by atoms with Gasteiger partial charge < -0.3 is 16.0 Å². The number of hydrogen-bond donors (Lipinski definition) is 3. The van der Waals surface area contributed by atoms with Gasteiger partial charge in [0.2, 0.25) is 5.91 Å². The predicted octanol–water partition coefficient (Wildman–Crippen LogP) is 2.34. The highest BCUT2D eigenvalue weighted by atomic mass is 35.5. The number of carbonyl (C=O) groups is 3. The maximum Gasteiger partial charge on any atom is 0.313 e. The van der Waals surface area contributed by atoms with E-state index in [1.54, 1.807) is 42.5 Å². The third kappa shape index (κ3) is 5.40. The first-order valence-corrected chi connectivity index (χ1v) is 7.53. The van der Waals surface area contributed by atoms with Crippen molar-refractivity contribution in [2.75, 3.05) is 17.2 Å². The third-order valence-corrected chi connectivity index (χ3v) is 3.24. The van der Waals surface area contributed by atoms with Crippen LogP contribution in [0.3, 0.4) is 0 Å². The summed E-state index contributed by atoms with van der Waals surface area (Å²) in [5.74, 6) is -2.19. The molecular weight excluding hydrogens is 330 g/mol. The summed E-state index contributed by atoms with van der Waals surface area (Å²) in [7, 11) is 0. The number of amides is 3. The first kappa shape index (κ1) is 17.5. The first-order chi connectivity index (χ1) is 11.4. The van der Waals surface area contributed by atoms with E-state index in [0.29, 0.717) is 16.4 Å². The summed E-state index contributed by atoms with van der Waals surface area (Å²) in [5.41, 5.74) is 1.97. The Morgan fingerprint density at radius 3 is 2.25 bits per heavy atom. The normalized spacial score (nSPS) is 9.92. The van der Waals surface area contributed by atoms with Crippen LogP contribution in [-0.4, -0.2) is 24.3 Å². The molecule has 0 fully saturated rings. The van der Waals surface area contributed by atoms with Crippen LogP contribution in [0.5, 0.6) is 0 Å². The molecule has 2 aromatic carbocycles. The minimum absolute atomic E-state index is 0.327. The van der Waals surface area contributed by atoms with Crippen molar-refractivity contribution < 1.29 is 14.4 Å². The molecule has 0 aliphatic carbocycles. The molecule has 3 amide bonds. The zero-order valence-corrected chi connectivity index (χ0v) is 13.7. The monoisotopic (exact) mass is 345 g/mol. The van der Waals surface area contributed by atoms with Crippen LogP contribution in [0.1, 0.15) is 5.56 Å². The van der Waals surface area contributed by atoms with Gasteiger partial charge in [-0.05, 0) is 42.8 Å². The van der Waals surface area contributed by atoms with Crippen LogP contribution in [0.25, 0.3) is 0 Å². The molecule has 0 radical (unpaired) electrons. The summed E-state index contributed by atoms with van der Waals surface area (Å²) in [6.07, 6.45) is 0. The van der Waals surface area contributed by atoms with Crippen molar-refractivity contribution in [1.29, 1.82) is 0 Å². The third-order valence-electron chi connectivity index (χ3n) is 3.00. The van der Waals surface area contributed by atoms with E-state index in [0.717, 1.165) is 5.56 Å². The number of hydrogen-bond acceptors (Lipinski definition) is 3. The molecule has 0 unspecified atom stereocenters. The lowest BCUT2D eigenvalue weighted by molar-refractivity contribution is -0.136. The molecule has 0 aromatic heterocycles. The zero-order chi connectivity index (χ0) is 17.5. The maximum atomic E-state index is 11.8. The average Bonchev–Trinajstić information content (AvgIpc) is 2.52. The molecule has 6 nitrogen and oxygen atoms in total. The number of carbonyl (C=O) groups excluding carboxylic acids is 3. The van der Waals surface area contributed by atoms with E-state index in [1.165, 1.54) is 0 Å². The molecule has 0 spiro atoms. The fraction of sp³-hybridized carbons (Fsp3) is 0.118. The molecule has 7 heteroatoms. The molecular formula is C17H16ClN3O3. The SMILES string of the molecule is Cc1cccc(NC(=O)C(=O)NCC(=O)Nc2cccc(Cl)c2)c1. The molecule has 0 saturated carbocycles. The molecule has 0 aliphatic rings. The summed E-state index contributed by atoms with van der Waals surface area (Å²) in [6, 6.07) is 13.6. The lowest BCUT2D eigenvalue weighted by Crippen LogP contribution is -2.39. The molecule has 24 heavy (non-hydrogen) atoms. The van der Waals surface area contributed by atoms with Crippen molar-refractivity contribution in [3.05, 3.63) is 59.1 Å². The second-order valence-electron chi connectivity index (χ2n) is 5.06. The molecule has 0 atom stereocenters. The van der Waals surface area contributed by atoms with Crippen LogP contribution in [0.4, 0.5) is 11.4 Å².